The van der Waals surface area contributed by atoms with Crippen molar-refractivity contribution in [3.8, 4) is 0 Å². The lowest BCUT2D eigenvalue weighted by atomic mass is 10.0. The van der Waals surface area contributed by atoms with Crippen LogP contribution < -0.4 is 5.56 Å². The van der Waals surface area contributed by atoms with Gasteiger partial charge in [0.1, 0.15) is 4.83 Å². The lowest BCUT2D eigenvalue weighted by molar-refractivity contribution is 0.0522. The number of Topliss-reactive ketones (excluding diaryl/α,β-unsaturated/α-hetero) is 1. The number of nitrogens with one attached hydrogen (secondary N) is 1. The summed E-state index contributed by atoms with van der Waals surface area (Å²) in [6.45, 7) is 5.15. The van der Waals surface area contributed by atoms with Crippen LogP contribution in [-0.4, -0.2) is 32.9 Å². The van der Waals surface area contributed by atoms with E-state index in [1.807, 2.05) is 0 Å². The molecule has 0 amide bonds. The largest absolute Gasteiger partial charge is 0.462 e. The average molecular weight is 359 g/mol. The number of ketones is 1. The first-order valence-corrected chi connectivity index (χ1v) is 8.64. The summed E-state index contributed by atoms with van der Waals surface area (Å²) in [4.78, 5) is 45.3. The predicted octanol–water partition coefficient (Wildman–Crippen LogP) is 2.46. The van der Waals surface area contributed by atoms with Crippen molar-refractivity contribution < 1.29 is 14.3 Å². The number of hydrogen-bond donors (Lipinski definition) is 1. The summed E-state index contributed by atoms with van der Waals surface area (Å²) in [7, 11) is 0. The van der Waals surface area contributed by atoms with Crippen molar-refractivity contribution in [3.63, 3.8) is 0 Å². The van der Waals surface area contributed by atoms with E-state index in [1.54, 1.807) is 32.2 Å². The van der Waals surface area contributed by atoms with Crippen LogP contribution in [0.2, 0.25) is 0 Å². The standard InChI is InChI=1S/C17H17N3O4S/c1-4-24-17(23)14-10(3)19-9(2)13(14)12(21)7-20-8-18-15-11(16(20)22)5-6-25-15/h5-6,8,19H,4,7H2,1-3H3. The normalized spacial score (nSPS) is 11.0. The molecule has 3 rings (SSSR count). The molecule has 0 aliphatic heterocycles. The van der Waals surface area contributed by atoms with Crippen molar-refractivity contribution >= 4 is 33.3 Å². The molecular weight excluding hydrogens is 342 g/mol. The van der Waals surface area contributed by atoms with Crippen molar-refractivity contribution in [1.29, 1.82) is 0 Å². The van der Waals surface area contributed by atoms with E-state index in [-0.39, 0.29) is 35.6 Å². The van der Waals surface area contributed by atoms with Crippen molar-refractivity contribution in [2.45, 2.75) is 27.3 Å². The molecule has 0 saturated heterocycles. The Morgan fingerprint density at radius 3 is 2.72 bits per heavy atom. The number of thiophene rings is 1. The van der Waals surface area contributed by atoms with Gasteiger partial charge in [0.2, 0.25) is 0 Å². The first-order chi connectivity index (χ1) is 11.9. The summed E-state index contributed by atoms with van der Waals surface area (Å²) in [6, 6.07) is 1.69. The zero-order valence-electron chi connectivity index (χ0n) is 14.1. The minimum absolute atomic E-state index is 0.192. The number of rotatable bonds is 5. The Morgan fingerprint density at radius 1 is 1.28 bits per heavy atom. The van der Waals surface area contributed by atoms with Gasteiger partial charge in [-0.15, -0.1) is 11.3 Å². The molecule has 0 fully saturated rings. The smallest absolute Gasteiger partial charge is 0.340 e. The van der Waals surface area contributed by atoms with Crippen LogP contribution in [-0.2, 0) is 11.3 Å². The third-order valence-electron chi connectivity index (χ3n) is 3.90. The van der Waals surface area contributed by atoms with E-state index < -0.39 is 5.97 Å². The monoisotopic (exact) mass is 359 g/mol. The van der Waals surface area contributed by atoms with E-state index in [1.165, 1.54) is 22.2 Å². The number of hydrogen-bond acceptors (Lipinski definition) is 6. The van der Waals surface area contributed by atoms with E-state index in [4.69, 9.17) is 4.74 Å². The maximum Gasteiger partial charge on any atom is 0.340 e. The van der Waals surface area contributed by atoms with Gasteiger partial charge in [0, 0.05) is 11.4 Å². The molecule has 0 radical (unpaired) electrons. The van der Waals surface area contributed by atoms with Crippen LogP contribution in [0.25, 0.3) is 10.2 Å². The number of carbonyl (C=O) groups excluding carboxylic acids is 2. The van der Waals surface area contributed by atoms with Crippen molar-refractivity contribution in [3.05, 3.63) is 50.6 Å². The summed E-state index contributed by atoms with van der Waals surface area (Å²) < 4.78 is 6.30. The quantitative estimate of drug-likeness (QED) is 0.558. The van der Waals surface area contributed by atoms with Crippen LogP contribution >= 0.6 is 11.3 Å². The Morgan fingerprint density at radius 2 is 2.00 bits per heavy atom. The molecule has 3 heterocycles. The lowest BCUT2D eigenvalue weighted by Crippen LogP contribution is -2.25. The van der Waals surface area contributed by atoms with Crippen LogP contribution in [0.3, 0.4) is 0 Å². The van der Waals surface area contributed by atoms with Gasteiger partial charge in [-0.25, -0.2) is 9.78 Å². The van der Waals surface area contributed by atoms with Crippen molar-refractivity contribution in [2.24, 2.45) is 0 Å². The highest BCUT2D eigenvalue weighted by atomic mass is 32.1. The van der Waals surface area contributed by atoms with Gasteiger partial charge in [0.25, 0.3) is 5.56 Å². The van der Waals surface area contributed by atoms with E-state index in [9.17, 15) is 14.4 Å². The molecule has 0 saturated carbocycles. The summed E-state index contributed by atoms with van der Waals surface area (Å²) in [5, 5.41) is 2.26. The number of ether oxygens (including phenoxy) is 1. The zero-order chi connectivity index (χ0) is 18.1. The Kier molecular flexibility index (Phi) is 4.54. The number of fused-ring (bicyclic) bond motifs is 1. The number of H-pyrrole nitrogens is 1. The fourth-order valence-corrected chi connectivity index (χ4v) is 3.55. The van der Waals surface area contributed by atoms with Gasteiger partial charge in [-0.05, 0) is 32.2 Å². The van der Waals surface area contributed by atoms with Gasteiger partial charge in [-0.1, -0.05) is 0 Å². The number of nitrogens with zero attached hydrogens (tertiary/aromatic N) is 2. The molecule has 0 spiro atoms. The Labute approximate surface area is 147 Å². The van der Waals surface area contributed by atoms with E-state index in [0.717, 1.165) is 0 Å². The molecule has 0 aromatic carbocycles. The lowest BCUT2D eigenvalue weighted by Gasteiger charge is -2.07. The molecular formula is C17H17N3O4S. The Balaban J connectivity index is 1.99. The number of carbonyl (C=O) groups is 2. The van der Waals surface area contributed by atoms with Crippen molar-refractivity contribution in [2.75, 3.05) is 6.61 Å². The van der Waals surface area contributed by atoms with E-state index in [2.05, 4.69) is 9.97 Å². The van der Waals surface area contributed by atoms with E-state index >= 15 is 0 Å². The van der Waals surface area contributed by atoms with Gasteiger partial charge in [-0.3, -0.25) is 14.2 Å². The number of aryl methyl sites for hydroxylation is 2. The van der Waals surface area contributed by atoms with Gasteiger partial charge in [-0.2, -0.15) is 0 Å². The Bertz CT molecular complexity index is 1030. The molecule has 3 aromatic heterocycles. The van der Waals surface area contributed by atoms with Crippen LogP contribution in [0.1, 0.15) is 39.0 Å². The Hall–Kier alpha value is -2.74. The molecule has 130 valence electrons. The molecule has 7 nitrogen and oxygen atoms in total. The van der Waals surface area contributed by atoms with Crippen LogP contribution in [0.5, 0.6) is 0 Å². The highest BCUT2D eigenvalue weighted by Crippen LogP contribution is 2.21. The molecule has 25 heavy (non-hydrogen) atoms. The SMILES string of the molecule is CCOC(=O)c1c(C)[nH]c(C)c1C(=O)Cn1cnc2sccc2c1=O. The molecule has 0 aliphatic rings. The zero-order valence-corrected chi connectivity index (χ0v) is 14.9. The molecule has 0 bridgehead atoms. The third-order valence-corrected chi connectivity index (χ3v) is 4.72. The van der Waals surface area contributed by atoms with E-state index in [0.29, 0.717) is 21.6 Å². The number of esters is 1. The molecule has 0 unspecified atom stereocenters. The average Bonchev–Trinajstić information content (AvgIpc) is 3.14. The maximum absolute atomic E-state index is 12.8. The fraction of sp³-hybridized carbons (Fsp3) is 0.294. The minimum atomic E-state index is -0.550. The topological polar surface area (TPSA) is 94.1 Å². The molecule has 1 N–H and O–H groups in total. The second-order valence-electron chi connectivity index (χ2n) is 5.59. The first-order valence-electron chi connectivity index (χ1n) is 7.76. The molecule has 0 atom stereocenters. The highest BCUT2D eigenvalue weighted by Gasteiger charge is 2.25. The maximum atomic E-state index is 12.8. The molecule has 8 heteroatoms. The molecule has 3 aromatic rings. The first kappa shape index (κ1) is 17.1. The van der Waals surface area contributed by atoms with Crippen molar-refractivity contribution in [1.82, 2.24) is 14.5 Å². The predicted molar refractivity (Wildman–Crippen MR) is 94.4 cm³/mol. The second-order valence-corrected chi connectivity index (χ2v) is 6.48. The number of aromatic nitrogens is 3. The molecule has 0 aliphatic carbocycles. The van der Waals surface area contributed by atoms with Gasteiger partial charge in [0.15, 0.2) is 5.78 Å². The van der Waals surface area contributed by atoms with Gasteiger partial charge >= 0.3 is 5.97 Å². The third kappa shape index (κ3) is 3.00. The summed E-state index contributed by atoms with van der Waals surface area (Å²) in [5.41, 5.74) is 1.35. The number of aromatic amines is 1. The van der Waals surface area contributed by atoms with Gasteiger partial charge in [0.05, 0.1) is 36.0 Å². The van der Waals surface area contributed by atoms with Gasteiger partial charge < -0.3 is 9.72 Å². The van der Waals surface area contributed by atoms with Crippen LogP contribution in [0.4, 0.5) is 0 Å². The van der Waals surface area contributed by atoms with Crippen LogP contribution in [0, 0.1) is 13.8 Å². The summed E-state index contributed by atoms with van der Waals surface area (Å²) >= 11 is 1.37. The summed E-state index contributed by atoms with van der Waals surface area (Å²) in [6.07, 6.45) is 1.36. The van der Waals surface area contributed by atoms with Crippen LogP contribution in [0.15, 0.2) is 22.6 Å². The summed E-state index contributed by atoms with van der Waals surface area (Å²) in [5.74, 6) is -0.894. The second kappa shape index (κ2) is 6.64. The fourth-order valence-electron chi connectivity index (χ4n) is 2.83. The highest BCUT2D eigenvalue weighted by molar-refractivity contribution is 7.16. The minimum Gasteiger partial charge on any atom is -0.462 e.